The predicted molar refractivity (Wildman–Crippen MR) is 104 cm³/mol. The molecule has 0 aliphatic rings. The van der Waals surface area contributed by atoms with E-state index >= 15 is 0 Å². The molecule has 0 unspecified atom stereocenters. The van der Waals surface area contributed by atoms with Gasteiger partial charge in [-0.1, -0.05) is 48.0 Å². The summed E-state index contributed by atoms with van der Waals surface area (Å²) in [6.45, 7) is 3.24. The van der Waals surface area contributed by atoms with Crippen LogP contribution in [0.15, 0.2) is 71.8 Å². The normalized spacial score (nSPS) is 12.5. The molecule has 3 aromatic rings. The number of nitrogens with zero attached hydrogens (tertiary/aromatic N) is 1. The highest BCUT2D eigenvalue weighted by atomic mass is 32.2. The van der Waals surface area contributed by atoms with Crippen LogP contribution in [-0.2, 0) is 14.8 Å². The first-order valence-electron chi connectivity index (χ1n) is 8.54. The Morgan fingerprint density at radius 1 is 1.11 bits per heavy atom. The molecule has 0 amide bonds. The number of hydrogen-bond acceptors (Lipinski definition) is 5. The molecular weight excluding hydrogens is 380 g/mol. The molecule has 1 heterocycles. The highest BCUT2D eigenvalue weighted by Crippen LogP contribution is 2.24. The number of sulfonamides is 1. The van der Waals surface area contributed by atoms with Crippen molar-refractivity contribution in [2.75, 3.05) is 0 Å². The van der Waals surface area contributed by atoms with Crippen LogP contribution in [0, 0.1) is 6.92 Å². The maximum Gasteiger partial charge on any atom is 0.350 e. The van der Waals surface area contributed by atoms with Crippen LogP contribution in [-0.4, -0.2) is 30.3 Å². The van der Waals surface area contributed by atoms with Gasteiger partial charge in [-0.05, 0) is 26.0 Å². The molecule has 7 nitrogen and oxygen atoms in total. The number of carbonyl (C=O) groups excluding carboxylic acids is 1. The van der Waals surface area contributed by atoms with Crippen molar-refractivity contribution in [1.29, 1.82) is 0 Å². The average Bonchev–Trinajstić information content (AvgIpc) is 3.02. The zero-order valence-corrected chi connectivity index (χ0v) is 16.2. The Balaban J connectivity index is 1.76. The minimum atomic E-state index is -3.88. The summed E-state index contributed by atoms with van der Waals surface area (Å²) < 4.78 is 28.3. The van der Waals surface area contributed by atoms with Gasteiger partial charge in [-0.2, -0.15) is 9.45 Å². The molecule has 0 saturated heterocycles. The summed E-state index contributed by atoms with van der Waals surface area (Å²) in [5, 5.41) is 9.78. The summed E-state index contributed by atoms with van der Waals surface area (Å²) in [6.07, 6.45) is 1.24. The molecule has 0 aliphatic carbocycles. The van der Waals surface area contributed by atoms with Crippen LogP contribution in [0.3, 0.4) is 0 Å². The lowest BCUT2D eigenvalue weighted by molar-refractivity contribution is -0.145. The molecule has 8 heteroatoms. The number of aromatic nitrogens is 1. The molecule has 0 aliphatic heterocycles. The van der Waals surface area contributed by atoms with Crippen molar-refractivity contribution in [3.05, 3.63) is 72.4 Å². The fourth-order valence-corrected chi connectivity index (χ4v) is 3.76. The number of aryl methyl sites for hydroxylation is 1. The minimum Gasteiger partial charge on any atom is -0.506 e. The van der Waals surface area contributed by atoms with Gasteiger partial charge in [0.1, 0.15) is 11.8 Å². The van der Waals surface area contributed by atoms with Gasteiger partial charge in [0.2, 0.25) is 10.0 Å². The zero-order chi connectivity index (χ0) is 20.3. The number of benzene rings is 2. The van der Waals surface area contributed by atoms with Crippen molar-refractivity contribution < 1.29 is 23.2 Å². The highest BCUT2D eigenvalue weighted by molar-refractivity contribution is 7.89. The monoisotopic (exact) mass is 400 g/mol. The van der Waals surface area contributed by atoms with Gasteiger partial charge in [-0.3, -0.25) is 0 Å². The molecule has 0 radical (unpaired) electrons. The number of aromatic hydroxyl groups is 1. The van der Waals surface area contributed by atoms with E-state index in [1.54, 1.807) is 24.3 Å². The summed E-state index contributed by atoms with van der Waals surface area (Å²) in [4.78, 5) is 17.7. The van der Waals surface area contributed by atoms with Crippen LogP contribution in [0.25, 0.3) is 11.3 Å². The molecule has 1 aromatic heterocycles. The summed E-state index contributed by atoms with van der Waals surface area (Å²) >= 11 is 0. The van der Waals surface area contributed by atoms with Crippen molar-refractivity contribution in [1.82, 2.24) is 9.45 Å². The van der Waals surface area contributed by atoms with Crippen LogP contribution in [0.4, 0.5) is 0 Å². The van der Waals surface area contributed by atoms with E-state index in [1.807, 2.05) is 25.1 Å². The van der Waals surface area contributed by atoms with Crippen molar-refractivity contribution in [2.45, 2.75) is 24.8 Å². The van der Waals surface area contributed by atoms with E-state index in [2.05, 4.69) is 4.72 Å². The largest absolute Gasteiger partial charge is 0.506 e. The first kappa shape index (κ1) is 19.7. The minimum absolute atomic E-state index is 0.0568. The van der Waals surface area contributed by atoms with Gasteiger partial charge in [-0.25, -0.2) is 13.2 Å². The summed E-state index contributed by atoms with van der Waals surface area (Å²) in [6, 6.07) is 15.6. The number of carbonyl (C=O) groups is 1. The van der Waals surface area contributed by atoms with Crippen molar-refractivity contribution in [3.63, 3.8) is 0 Å². The quantitative estimate of drug-likeness (QED) is 0.663. The molecule has 0 spiro atoms. The fraction of sp³-hybridized carbons (Fsp3) is 0.150. The first-order valence-corrected chi connectivity index (χ1v) is 10.0. The van der Waals surface area contributed by atoms with Crippen molar-refractivity contribution in [3.8, 4) is 17.0 Å². The lowest BCUT2D eigenvalue weighted by atomic mass is 10.2. The van der Waals surface area contributed by atoms with Crippen LogP contribution < -0.4 is 9.56 Å². The van der Waals surface area contributed by atoms with E-state index in [9.17, 15) is 18.3 Å². The van der Waals surface area contributed by atoms with Crippen LogP contribution in [0.5, 0.6) is 5.75 Å². The van der Waals surface area contributed by atoms with Gasteiger partial charge in [0, 0.05) is 11.6 Å². The lowest BCUT2D eigenvalue weighted by Gasteiger charge is -2.15. The second kappa shape index (κ2) is 7.87. The Morgan fingerprint density at radius 3 is 2.39 bits per heavy atom. The number of nitrogens with one attached hydrogen (secondary N) is 1. The van der Waals surface area contributed by atoms with E-state index in [0.29, 0.717) is 5.69 Å². The molecule has 2 aromatic carbocycles. The van der Waals surface area contributed by atoms with Gasteiger partial charge in [0.15, 0.2) is 0 Å². The van der Waals surface area contributed by atoms with Gasteiger partial charge >= 0.3 is 5.97 Å². The van der Waals surface area contributed by atoms with E-state index in [0.717, 1.165) is 15.9 Å². The molecule has 146 valence electrons. The molecule has 0 fully saturated rings. The first-order chi connectivity index (χ1) is 13.3. The van der Waals surface area contributed by atoms with Gasteiger partial charge in [0.05, 0.1) is 16.8 Å². The Hall–Kier alpha value is -3.10. The zero-order valence-electron chi connectivity index (χ0n) is 15.4. The molecule has 0 bridgehead atoms. The average molecular weight is 400 g/mol. The van der Waals surface area contributed by atoms with Crippen LogP contribution in [0.2, 0.25) is 0 Å². The molecular formula is C20H20N2O5S. The molecule has 28 heavy (non-hydrogen) atoms. The fourth-order valence-electron chi connectivity index (χ4n) is 2.57. The molecule has 1 atom stereocenters. The van der Waals surface area contributed by atoms with Gasteiger partial charge in [-0.15, -0.1) is 0 Å². The summed E-state index contributed by atoms with van der Waals surface area (Å²) in [5.41, 5.74) is 2.11. The SMILES string of the molecule is Cc1ccc(S(=O)(=O)N[C@@H](C)C(=O)On2cc(O)cc2-c2ccccc2)cc1. The third-order valence-corrected chi connectivity index (χ3v) is 5.60. The summed E-state index contributed by atoms with van der Waals surface area (Å²) in [5.74, 6) is -0.900. The topological polar surface area (TPSA) is 97.6 Å². The maximum atomic E-state index is 12.4. The Labute approximate surface area is 163 Å². The van der Waals surface area contributed by atoms with Crippen LogP contribution >= 0.6 is 0 Å². The second-order valence-electron chi connectivity index (χ2n) is 6.34. The molecule has 3 rings (SSSR count). The third-order valence-electron chi connectivity index (χ3n) is 4.05. The summed E-state index contributed by atoms with van der Waals surface area (Å²) in [7, 11) is -3.88. The smallest absolute Gasteiger partial charge is 0.350 e. The van der Waals surface area contributed by atoms with Crippen molar-refractivity contribution in [2.24, 2.45) is 0 Å². The standard InChI is InChI=1S/C20H20N2O5S/c1-14-8-10-18(11-9-14)28(25,26)21-15(2)20(24)27-22-13-17(23)12-19(22)16-6-4-3-5-7-16/h3-13,15,21,23H,1-2H3/t15-/m0/s1. The Bertz CT molecular complexity index is 1070. The third kappa shape index (κ3) is 4.41. The maximum absolute atomic E-state index is 12.4. The number of hydrogen-bond donors (Lipinski definition) is 2. The van der Waals surface area contributed by atoms with E-state index in [1.165, 1.54) is 31.3 Å². The molecule has 0 saturated carbocycles. The predicted octanol–water partition coefficient (Wildman–Crippen LogP) is 2.49. The lowest BCUT2D eigenvalue weighted by Crippen LogP contribution is -2.42. The number of rotatable bonds is 6. The Morgan fingerprint density at radius 2 is 1.75 bits per heavy atom. The Kier molecular flexibility index (Phi) is 5.53. The van der Waals surface area contributed by atoms with Crippen LogP contribution in [0.1, 0.15) is 12.5 Å². The van der Waals surface area contributed by atoms with Crippen molar-refractivity contribution >= 4 is 16.0 Å². The van der Waals surface area contributed by atoms with E-state index < -0.39 is 22.0 Å². The second-order valence-corrected chi connectivity index (χ2v) is 8.06. The molecule has 2 N–H and O–H groups in total. The van der Waals surface area contributed by atoms with E-state index in [-0.39, 0.29) is 10.6 Å². The van der Waals surface area contributed by atoms with Gasteiger partial charge in [0.25, 0.3) is 0 Å². The van der Waals surface area contributed by atoms with E-state index in [4.69, 9.17) is 4.84 Å². The highest BCUT2D eigenvalue weighted by Gasteiger charge is 2.24. The van der Waals surface area contributed by atoms with Gasteiger partial charge < -0.3 is 9.94 Å².